The Morgan fingerprint density at radius 2 is 2.18 bits per heavy atom. The molecule has 4 nitrogen and oxygen atoms in total. The molecule has 0 saturated heterocycles. The number of nitrogens with zero attached hydrogens (tertiary/aromatic N) is 1. The molecule has 0 radical (unpaired) electrons. The van der Waals surface area contributed by atoms with E-state index in [1.807, 2.05) is 12.1 Å². The van der Waals surface area contributed by atoms with Crippen LogP contribution in [0.15, 0.2) is 24.3 Å². The van der Waals surface area contributed by atoms with E-state index in [0.717, 1.165) is 29.5 Å². The lowest BCUT2D eigenvalue weighted by Crippen LogP contribution is -2.12. The largest absolute Gasteiger partial charge is 0.326 e. The molecule has 0 aliphatic heterocycles. The summed E-state index contributed by atoms with van der Waals surface area (Å²) in [4.78, 5) is 18.2. The summed E-state index contributed by atoms with van der Waals surface area (Å²) in [5.41, 5.74) is 8.40. The van der Waals surface area contributed by atoms with Crippen LogP contribution in [0.4, 0.5) is 5.13 Å². The van der Waals surface area contributed by atoms with Crippen LogP contribution in [-0.4, -0.2) is 10.9 Å². The Bertz CT molecular complexity index is 663. The van der Waals surface area contributed by atoms with Crippen molar-refractivity contribution in [2.75, 3.05) is 5.32 Å². The first kappa shape index (κ1) is 15.2. The minimum atomic E-state index is -0.110. The molecule has 0 bridgehead atoms. The van der Waals surface area contributed by atoms with Gasteiger partial charge in [-0.25, -0.2) is 4.98 Å². The number of carbonyl (C=O) groups excluding carboxylic acids is 1. The zero-order valence-corrected chi connectivity index (χ0v) is 13.6. The summed E-state index contributed by atoms with van der Waals surface area (Å²) in [6.07, 6.45) is 4.56. The SMILES string of the molecule is CCC1CCc2nc(NC(=O)c3ccc(CN)cc3)sc2C1. The van der Waals surface area contributed by atoms with Crippen molar-refractivity contribution in [3.63, 3.8) is 0 Å². The van der Waals surface area contributed by atoms with Crippen molar-refractivity contribution in [1.29, 1.82) is 0 Å². The molecule has 3 rings (SSSR count). The predicted molar refractivity (Wildman–Crippen MR) is 90.2 cm³/mol. The van der Waals surface area contributed by atoms with Gasteiger partial charge in [0.1, 0.15) is 0 Å². The van der Waals surface area contributed by atoms with E-state index < -0.39 is 0 Å². The van der Waals surface area contributed by atoms with Crippen LogP contribution in [0.2, 0.25) is 0 Å². The van der Waals surface area contributed by atoms with Gasteiger partial charge in [0.2, 0.25) is 0 Å². The van der Waals surface area contributed by atoms with Gasteiger partial charge in [-0.3, -0.25) is 10.1 Å². The van der Waals surface area contributed by atoms with Gasteiger partial charge in [-0.05, 0) is 42.9 Å². The summed E-state index contributed by atoms with van der Waals surface area (Å²) >= 11 is 1.62. The minimum Gasteiger partial charge on any atom is -0.326 e. The number of thiazole rings is 1. The van der Waals surface area contributed by atoms with Gasteiger partial charge in [0.15, 0.2) is 5.13 Å². The Kier molecular flexibility index (Phi) is 4.55. The number of hydrogen-bond acceptors (Lipinski definition) is 4. The number of aromatic nitrogens is 1. The van der Waals surface area contributed by atoms with Crippen LogP contribution in [-0.2, 0) is 19.4 Å². The van der Waals surface area contributed by atoms with Crippen molar-refractivity contribution in [1.82, 2.24) is 4.98 Å². The first-order chi connectivity index (χ1) is 10.7. The molecule has 22 heavy (non-hydrogen) atoms. The summed E-state index contributed by atoms with van der Waals surface area (Å²) in [6.45, 7) is 2.73. The molecule has 1 unspecified atom stereocenters. The Balaban J connectivity index is 1.70. The monoisotopic (exact) mass is 315 g/mol. The highest BCUT2D eigenvalue weighted by Gasteiger charge is 2.22. The maximum absolute atomic E-state index is 12.3. The Morgan fingerprint density at radius 1 is 1.41 bits per heavy atom. The summed E-state index contributed by atoms with van der Waals surface area (Å²) < 4.78 is 0. The van der Waals surface area contributed by atoms with Crippen molar-refractivity contribution >= 4 is 22.4 Å². The zero-order valence-electron chi connectivity index (χ0n) is 12.8. The van der Waals surface area contributed by atoms with Crippen molar-refractivity contribution in [2.24, 2.45) is 11.7 Å². The van der Waals surface area contributed by atoms with Crippen LogP contribution in [0.5, 0.6) is 0 Å². The second-order valence-corrected chi connectivity index (χ2v) is 6.84. The molecule has 0 saturated carbocycles. The van der Waals surface area contributed by atoms with E-state index >= 15 is 0 Å². The van der Waals surface area contributed by atoms with Gasteiger partial charge in [0.25, 0.3) is 5.91 Å². The number of anilines is 1. The topological polar surface area (TPSA) is 68.0 Å². The van der Waals surface area contributed by atoms with Crippen LogP contribution in [0.1, 0.15) is 46.3 Å². The molecule has 1 aliphatic carbocycles. The van der Waals surface area contributed by atoms with Gasteiger partial charge in [-0.2, -0.15) is 0 Å². The molecule has 1 heterocycles. The molecule has 5 heteroatoms. The lowest BCUT2D eigenvalue weighted by Gasteiger charge is -2.18. The summed E-state index contributed by atoms with van der Waals surface area (Å²) in [6, 6.07) is 7.37. The predicted octanol–water partition coefficient (Wildman–Crippen LogP) is 3.37. The molecular weight excluding hydrogens is 294 g/mol. The van der Waals surface area contributed by atoms with Crippen molar-refractivity contribution in [3.8, 4) is 0 Å². The highest BCUT2D eigenvalue weighted by atomic mass is 32.1. The van der Waals surface area contributed by atoms with Crippen LogP contribution in [0.25, 0.3) is 0 Å². The molecule has 116 valence electrons. The molecule has 1 atom stereocenters. The standard InChI is InChI=1S/C17H21N3OS/c1-2-11-5-8-14-15(9-11)22-17(19-14)20-16(21)13-6-3-12(10-18)4-7-13/h3-4,6-7,11H,2,5,8-10,18H2,1H3,(H,19,20,21). The van der Waals surface area contributed by atoms with Crippen LogP contribution >= 0.6 is 11.3 Å². The van der Waals surface area contributed by atoms with Crippen molar-refractivity contribution in [3.05, 3.63) is 46.0 Å². The van der Waals surface area contributed by atoms with Crippen molar-refractivity contribution in [2.45, 2.75) is 39.2 Å². The normalized spacial score (nSPS) is 17.1. The van der Waals surface area contributed by atoms with Crippen LogP contribution in [0.3, 0.4) is 0 Å². The van der Waals surface area contributed by atoms with E-state index in [0.29, 0.717) is 12.1 Å². The number of nitrogens with two attached hydrogens (primary N) is 1. The van der Waals surface area contributed by atoms with Gasteiger partial charge in [-0.1, -0.05) is 25.5 Å². The Labute approximate surface area is 134 Å². The van der Waals surface area contributed by atoms with Crippen LogP contribution < -0.4 is 11.1 Å². The molecule has 1 aliphatic rings. The van der Waals surface area contributed by atoms with E-state index in [1.54, 1.807) is 23.5 Å². The summed E-state index contributed by atoms with van der Waals surface area (Å²) in [5, 5.41) is 3.64. The van der Waals surface area contributed by atoms with Gasteiger partial charge < -0.3 is 5.73 Å². The molecule has 0 fully saturated rings. The fraction of sp³-hybridized carbons (Fsp3) is 0.412. The summed E-state index contributed by atoms with van der Waals surface area (Å²) in [5.74, 6) is 0.655. The number of rotatable bonds is 4. The third-order valence-electron chi connectivity index (χ3n) is 4.29. The maximum Gasteiger partial charge on any atom is 0.257 e. The highest BCUT2D eigenvalue weighted by Crippen LogP contribution is 2.33. The lowest BCUT2D eigenvalue weighted by molar-refractivity contribution is 0.102. The quantitative estimate of drug-likeness (QED) is 0.909. The first-order valence-corrected chi connectivity index (χ1v) is 8.60. The average Bonchev–Trinajstić information content (AvgIpc) is 2.95. The fourth-order valence-corrected chi connectivity index (χ4v) is 3.92. The van der Waals surface area contributed by atoms with E-state index in [1.165, 1.54) is 23.4 Å². The van der Waals surface area contributed by atoms with E-state index in [4.69, 9.17) is 5.73 Å². The second kappa shape index (κ2) is 6.58. The number of fused-ring (bicyclic) bond motifs is 1. The number of amides is 1. The third kappa shape index (κ3) is 3.20. The molecule has 1 aromatic heterocycles. The van der Waals surface area contributed by atoms with E-state index in [9.17, 15) is 4.79 Å². The Morgan fingerprint density at radius 3 is 2.86 bits per heavy atom. The maximum atomic E-state index is 12.3. The van der Waals surface area contributed by atoms with Crippen molar-refractivity contribution < 1.29 is 4.79 Å². The second-order valence-electron chi connectivity index (χ2n) is 5.76. The third-order valence-corrected chi connectivity index (χ3v) is 5.33. The lowest BCUT2D eigenvalue weighted by atomic mass is 9.89. The molecule has 1 aromatic carbocycles. The van der Waals surface area contributed by atoms with E-state index in [-0.39, 0.29) is 5.91 Å². The Hall–Kier alpha value is -1.72. The number of carbonyl (C=O) groups is 1. The number of aryl methyl sites for hydroxylation is 1. The highest BCUT2D eigenvalue weighted by molar-refractivity contribution is 7.15. The smallest absolute Gasteiger partial charge is 0.257 e. The van der Waals surface area contributed by atoms with Gasteiger partial charge in [-0.15, -0.1) is 11.3 Å². The minimum absolute atomic E-state index is 0.110. The number of benzene rings is 1. The molecule has 1 amide bonds. The first-order valence-electron chi connectivity index (χ1n) is 7.78. The molecule has 3 N–H and O–H groups in total. The fourth-order valence-electron chi connectivity index (χ4n) is 2.81. The number of nitrogens with one attached hydrogen (secondary N) is 1. The summed E-state index contributed by atoms with van der Waals surface area (Å²) in [7, 11) is 0. The van der Waals surface area contributed by atoms with E-state index in [2.05, 4.69) is 17.2 Å². The average molecular weight is 315 g/mol. The number of hydrogen-bond donors (Lipinski definition) is 2. The van der Waals surface area contributed by atoms with Crippen LogP contribution in [0, 0.1) is 5.92 Å². The van der Waals surface area contributed by atoms with Gasteiger partial charge >= 0.3 is 0 Å². The van der Waals surface area contributed by atoms with Gasteiger partial charge in [0, 0.05) is 17.0 Å². The van der Waals surface area contributed by atoms with Gasteiger partial charge in [0.05, 0.1) is 5.69 Å². The molecule has 2 aromatic rings. The molecule has 0 spiro atoms. The molecular formula is C17H21N3OS. The zero-order chi connectivity index (χ0) is 15.5.